The van der Waals surface area contributed by atoms with E-state index in [1.807, 2.05) is 6.07 Å². The molecule has 0 bridgehead atoms. The highest BCUT2D eigenvalue weighted by Gasteiger charge is 2.57. The first-order chi connectivity index (χ1) is 22.5. The highest BCUT2D eigenvalue weighted by Crippen LogP contribution is 2.64. The van der Waals surface area contributed by atoms with Crippen LogP contribution in [0.5, 0.6) is 28.7 Å². The van der Waals surface area contributed by atoms with Crippen molar-refractivity contribution in [2.75, 3.05) is 13.9 Å². The molecule has 47 heavy (non-hydrogen) atoms. The molecule has 1 spiro atoms. The van der Waals surface area contributed by atoms with E-state index in [0.29, 0.717) is 23.0 Å². The van der Waals surface area contributed by atoms with Gasteiger partial charge in [0.25, 0.3) is 0 Å². The molecule has 0 amide bonds. The van der Waals surface area contributed by atoms with Crippen LogP contribution in [-0.2, 0) is 19.1 Å². The number of methoxy groups -OCH3 is 1. The van der Waals surface area contributed by atoms with Gasteiger partial charge >= 0.3 is 11.9 Å². The molecule has 16 heteroatoms. The number of hydrogen-bond donors (Lipinski definition) is 7. The average Bonchev–Trinajstić information content (AvgIpc) is 3.65. The molecule has 6 rings (SSSR count). The first-order valence-electron chi connectivity index (χ1n) is 15.2. The molecule has 2 aromatic rings. The molecule has 0 unspecified atom stereocenters. The lowest BCUT2D eigenvalue weighted by atomic mass is 9.74. The van der Waals surface area contributed by atoms with Crippen molar-refractivity contribution in [2.24, 2.45) is 11.5 Å². The van der Waals surface area contributed by atoms with Gasteiger partial charge in [-0.2, -0.15) is 0 Å². The minimum Gasteiger partial charge on any atom is -0.490 e. The molecule has 4 aliphatic rings. The number of nitrogens with two attached hydrogens (primary N) is 2. The minimum atomic E-state index is -1.84. The van der Waals surface area contributed by atoms with Gasteiger partial charge in [-0.3, -0.25) is 9.59 Å². The van der Waals surface area contributed by atoms with E-state index in [1.165, 1.54) is 7.11 Å². The lowest BCUT2D eigenvalue weighted by Gasteiger charge is -2.44. The third-order valence-corrected chi connectivity index (χ3v) is 9.16. The summed E-state index contributed by atoms with van der Waals surface area (Å²) in [5.41, 5.74) is 12.5. The van der Waals surface area contributed by atoms with Gasteiger partial charge in [-0.05, 0) is 43.9 Å². The molecule has 3 aliphatic heterocycles. The number of benzene rings is 2. The van der Waals surface area contributed by atoms with Gasteiger partial charge in [-0.25, -0.2) is 0 Å². The minimum absolute atomic E-state index is 0.168. The molecule has 16 nitrogen and oxygen atoms in total. The predicted molar refractivity (Wildman–Crippen MR) is 157 cm³/mol. The van der Waals surface area contributed by atoms with Crippen LogP contribution in [0.2, 0.25) is 0 Å². The van der Waals surface area contributed by atoms with Gasteiger partial charge in [0.1, 0.15) is 54.0 Å². The molecular weight excluding hydrogens is 624 g/mol. The Bertz CT molecular complexity index is 1500. The van der Waals surface area contributed by atoms with E-state index >= 15 is 0 Å². The van der Waals surface area contributed by atoms with Crippen LogP contribution in [0.25, 0.3) is 0 Å². The van der Waals surface area contributed by atoms with Gasteiger partial charge in [0, 0.05) is 17.2 Å². The number of fused-ring (bicyclic) bond motifs is 6. The number of aliphatic hydroxyl groups is 4. The SMILES string of the molecule is COc1c(OCO)ccc2c1O[C@H]1c3ccc(O[C@@H]4O[C@H]([C@H](OC(=O)CC(=O)O)C(N)N)[C@@H](O)[C@H](O)[C@H]4O)cc3OC3(CCCC3)[C@@H]21. The van der Waals surface area contributed by atoms with Crippen LogP contribution in [0.1, 0.15) is 55.3 Å². The Morgan fingerprint density at radius 3 is 2.43 bits per heavy atom. The summed E-state index contributed by atoms with van der Waals surface area (Å²) in [6.45, 7) is -0.535. The van der Waals surface area contributed by atoms with E-state index in [1.54, 1.807) is 24.3 Å². The Kier molecular flexibility index (Phi) is 9.10. The molecule has 9 N–H and O–H groups in total. The van der Waals surface area contributed by atoms with Gasteiger partial charge in [0.05, 0.1) is 19.2 Å². The number of aliphatic hydroxyl groups excluding tert-OH is 4. The van der Waals surface area contributed by atoms with Crippen molar-refractivity contribution in [3.05, 3.63) is 41.5 Å². The van der Waals surface area contributed by atoms with E-state index in [2.05, 4.69) is 0 Å². The largest absolute Gasteiger partial charge is 0.490 e. The fourth-order valence-electron chi connectivity index (χ4n) is 7.10. The van der Waals surface area contributed by atoms with Crippen LogP contribution in [-0.4, -0.2) is 100.0 Å². The number of carboxylic acid groups (broad SMARTS) is 1. The monoisotopic (exact) mass is 662 g/mol. The van der Waals surface area contributed by atoms with Crippen LogP contribution in [0.4, 0.5) is 0 Å². The maximum atomic E-state index is 12.1. The molecule has 1 saturated carbocycles. The van der Waals surface area contributed by atoms with Crippen LogP contribution in [0, 0.1) is 0 Å². The summed E-state index contributed by atoms with van der Waals surface area (Å²) in [4.78, 5) is 23.0. The molecule has 2 fully saturated rings. The van der Waals surface area contributed by atoms with Gasteiger partial charge in [-0.1, -0.05) is 6.07 Å². The number of carbonyl (C=O) groups excluding carboxylic acids is 1. The van der Waals surface area contributed by atoms with Crippen molar-refractivity contribution in [3.8, 4) is 28.7 Å². The van der Waals surface area contributed by atoms with Gasteiger partial charge in [0.15, 0.2) is 24.4 Å². The van der Waals surface area contributed by atoms with Gasteiger partial charge < -0.3 is 70.2 Å². The third-order valence-electron chi connectivity index (χ3n) is 9.16. The van der Waals surface area contributed by atoms with Crippen LogP contribution in [0.3, 0.4) is 0 Å². The summed E-state index contributed by atoms with van der Waals surface area (Å²) in [6.07, 6.45) is -9.72. The number of hydrogen-bond acceptors (Lipinski definition) is 15. The van der Waals surface area contributed by atoms with Crippen LogP contribution < -0.4 is 35.2 Å². The maximum absolute atomic E-state index is 12.1. The second-order valence-corrected chi connectivity index (χ2v) is 12.0. The highest BCUT2D eigenvalue weighted by molar-refractivity contribution is 5.90. The molecule has 3 heterocycles. The van der Waals surface area contributed by atoms with E-state index in [4.69, 9.17) is 49.7 Å². The zero-order chi connectivity index (χ0) is 33.6. The molecule has 0 aromatic heterocycles. The second-order valence-electron chi connectivity index (χ2n) is 12.0. The van der Waals surface area contributed by atoms with Crippen LogP contribution >= 0.6 is 0 Å². The Morgan fingerprint density at radius 1 is 1.04 bits per heavy atom. The maximum Gasteiger partial charge on any atom is 0.317 e. The fraction of sp³-hybridized carbons (Fsp3) is 0.548. The summed E-state index contributed by atoms with van der Waals surface area (Å²) in [5, 5.41) is 50.3. The molecule has 0 radical (unpaired) electrons. The quantitative estimate of drug-likeness (QED) is 0.0985. The Labute approximate surface area is 268 Å². The van der Waals surface area contributed by atoms with Gasteiger partial charge in [-0.15, -0.1) is 0 Å². The predicted octanol–water partition coefficient (Wildman–Crippen LogP) is -0.237. The first kappa shape index (κ1) is 33.0. The summed E-state index contributed by atoms with van der Waals surface area (Å²) in [6, 6.07) is 8.58. The van der Waals surface area contributed by atoms with Crippen molar-refractivity contribution in [2.45, 2.75) is 92.7 Å². The lowest BCUT2D eigenvalue weighted by molar-refractivity contribution is -0.291. The van der Waals surface area contributed by atoms with Gasteiger partial charge in [0.2, 0.25) is 12.0 Å². The van der Waals surface area contributed by atoms with Crippen molar-refractivity contribution < 1.29 is 68.3 Å². The second kappa shape index (κ2) is 13.0. The van der Waals surface area contributed by atoms with E-state index < -0.39 is 79.8 Å². The normalized spacial score (nSPS) is 29.1. The van der Waals surface area contributed by atoms with Crippen molar-refractivity contribution in [1.82, 2.24) is 0 Å². The zero-order valence-electron chi connectivity index (χ0n) is 25.4. The highest BCUT2D eigenvalue weighted by atomic mass is 16.7. The average molecular weight is 663 g/mol. The van der Waals surface area contributed by atoms with E-state index in [9.17, 15) is 30.0 Å². The zero-order valence-corrected chi connectivity index (χ0v) is 25.4. The van der Waals surface area contributed by atoms with Crippen LogP contribution in [0.15, 0.2) is 30.3 Å². The number of ether oxygens (including phenoxy) is 7. The molecule has 2 aromatic carbocycles. The summed E-state index contributed by atoms with van der Waals surface area (Å²) < 4.78 is 41.1. The molecule has 8 atom stereocenters. The van der Waals surface area contributed by atoms with Crippen molar-refractivity contribution in [3.63, 3.8) is 0 Å². The summed E-state index contributed by atoms with van der Waals surface area (Å²) in [7, 11) is 1.50. The first-order valence-corrected chi connectivity index (χ1v) is 15.2. The Balaban J connectivity index is 1.28. The summed E-state index contributed by atoms with van der Waals surface area (Å²) >= 11 is 0. The Hall–Kier alpha value is -3.90. The number of esters is 1. The van der Waals surface area contributed by atoms with Crippen molar-refractivity contribution >= 4 is 11.9 Å². The molecular formula is C31H38N2O14. The molecule has 1 saturated heterocycles. The standard InChI is InChI=1S/C31H38N2O14/c1-41-26-16(42-12-34)7-6-15-20-24(45-25(15)26)14-5-4-13(10-17(14)47-31(20)8-2-3-9-31)43-30-23(40)21(38)22(39)27(46-30)28(29(32)33)44-19(37)11-18(35)36/h4-7,10,20-24,27-30,34,38-40H,2-3,8-9,11-12,32-33H2,1H3,(H,35,36)/t20-,21-,22-,23+,24-,27-,28-,30+/m0/s1. The smallest absolute Gasteiger partial charge is 0.317 e. The Morgan fingerprint density at radius 2 is 1.77 bits per heavy atom. The number of carboxylic acids is 1. The van der Waals surface area contributed by atoms with E-state index in [-0.39, 0.29) is 11.7 Å². The summed E-state index contributed by atoms with van der Waals surface area (Å²) in [5.74, 6) is -0.986. The lowest BCUT2D eigenvalue weighted by Crippen LogP contribution is -2.66. The molecule has 256 valence electrons. The number of carbonyl (C=O) groups is 2. The number of rotatable bonds is 10. The molecule has 1 aliphatic carbocycles. The fourth-order valence-corrected chi connectivity index (χ4v) is 7.10. The number of aliphatic carboxylic acids is 1. The topological polar surface area (TPSA) is 252 Å². The van der Waals surface area contributed by atoms with Crippen molar-refractivity contribution in [1.29, 1.82) is 0 Å². The third kappa shape index (κ3) is 5.90. The van der Waals surface area contributed by atoms with E-state index in [0.717, 1.165) is 36.8 Å².